The molecule has 0 radical (unpaired) electrons. The highest BCUT2D eigenvalue weighted by Crippen LogP contribution is 2.27. The standard InChI is InChI=1S/C22H24N4O7S2/c1-2-19(27)15-8-10-16(11-9-15)25(24-12-4-7-21-23-14-20(34-21)22(28)29)35(32,33)18-6-3-5-17(13-18)26(30)31/h3,5-6,8-11,13-14,19,24,27H,2,4,7,12H2,1H3,(H,28,29). The minimum Gasteiger partial charge on any atom is -0.477 e. The number of carbonyl (C=O) groups is 1. The molecule has 186 valence electrons. The van der Waals surface area contributed by atoms with E-state index in [1.807, 2.05) is 6.92 Å². The molecule has 0 saturated heterocycles. The third-order valence-corrected chi connectivity index (χ3v) is 7.77. The fourth-order valence-corrected chi connectivity index (χ4v) is 5.38. The summed E-state index contributed by atoms with van der Waals surface area (Å²) in [5.41, 5.74) is 3.39. The summed E-state index contributed by atoms with van der Waals surface area (Å²) in [5, 5.41) is 30.8. The molecule has 3 rings (SSSR count). The average Bonchev–Trinajstić information content (AvgIpc) is 3.33. The van der Waals surface area contributed by atoms with E-state index < -0.39 is 27.0 Å². The van der Waals surface area contributed by atoms with E-state index in [1.54, 1.807) is 12.1 Å². The molecule has 1 atom stereocenters. The molecule has 0 spiro atoms. The number of carboxylic acid groups (broad SMARTS) is 1. The quantitative estimate of drug-likeness (QED) is 0.184. The van der Waals surface area contributed by atoms with Crippen molar-refractivity contribution in [2.45, 2.75) is 37.2 Å². The first kappa shape index (κ1) is 26.2. The summed E-state index contributed by atoms with van der Waals surface area (Å²) in [4.78, 5) is 25.4. The number of benzene rings is 2. The normalized spacial score (nSPS) is 12.3. The van der Waals surface area contributed by atoms with Gasteiger partial charge < -0.3 is 10.2 Å². The number of rotatable bonds is 12. The molecule has 11 nitrogen and oxygen atoms in total. The van der Waals surface area contributed by atoms with Crippen LogP contribution in [0.2, 0.25) is 0 Å². The molecule has 13 heteroatoms. The minimum absolute atomic E-state index is 0.122. The molecule has 3 N–H and O–H groups in total. The van der Waals surface area contributed by atoms with E-state index in [2.05, 4.69) is 10.4 Å². The van der Waals surface area contributed by atoms with Crippen molar-refractivity contribution < 1.29 is 28.3 Å². The first-order valence-electron chi connectivity index (χ1n) is 10.6. The Kier molecular flexibility index (Phi) is 8.51. The first-order valence-corrected chi connectivity index (χ1v) is 12.9. The lowest BCUT2D eigenvalue weighted by molar-refractivity contribution is -0.385. The number of aromatic carboxylic acids is 1. The van der Waals surface area contributed by atoms with Crippen molar-refractivity contribution in [1.82, 2.24) is 10.4 Å². The molecule has 0 aliphatic carbocycles. The van der Waals surface area contributed by atoms with Gasteiger partial charge in [-0.1, -0.05) is 25.1 Å². The summed E-state index contributed by atoms with van der Waals surface area (Å²) in [6, 6.07) is 11.1. The Bertz CT molecular complexity index is 1290. The Morgan fingerprint density at radius 1 is 1.26 bits per heavy atom. The largest absolute Gasteiger partial charge is 0.477 e. The molecule has 2 aromatic carbocycles. The number of aliphatic hydroxyl groups excluding tert-OH is 1. The van der Waals surface area contributed by atoms with E-state index in [-0.39, 0.29) is 27.7 Å². The number of aliphatic hydroxyl groups is 1. The Morgan fingerprint density at radius 3 is 2.57 bits per heavy atom. The van der Waals surface area contributed by atoms with Crippen molar-refractivity contribution in [2.24, 2.45) is 0 Å². The molecule has 0 aliphatic heterocycles. The fourth-order valence-electron chi connectivity index (χ4n) is 3.19. The van der Waals surface area contributed by atoms with E-state index in [0.717, 1.165) is 21.8 Å². The lowest BCUT2D eigenvalue weighted by atomic mass is 10.1. The van der Waals surface area contributed by atoms with Gasteiger partial charge in [-0.05, 0) is 36.6 Å². The number of nitrogens with zero attached hydrogens (tertiary/aromatic N) is 3. The summed E-state index contributed by atoms with van der Waals surface area (Å²) >= 11 is 1.05. The summed E-state index contributed by atoms with van der Waals surface area (Å²) in [5.74, 6) is -1.06. The topological polar surface area (TPSA) is 163 Å². The Balaban J connectivity index is 1.84. The molecular formula is C22H24N4O7S2. The highest BCUT2D eigenvalue weighted by molar-refractivity contribution is 7.92. The van der Waals surface area contributed by atoms with Gasteiger partial charge in [-0.2, -0.15) is 12.8 Å². The molecule has 0 aliphatic rings. The minimum atomic E-state index is -4.24. The molecule has 1 unspecified atom stereocenters. The van der Waals surface area contributed by atoms with Crippen LogP contribution in [0.4, 0.5) is 11.4 Å². The number of sulfonamides is 1. The van der Waals surface area contributed by atoms with Crippen LogP contribution in [0.25, 0.3) is 0 Å². The predicted octanol–water partition coefficient (Wildman–Crippen LogP) is 3.53. The van der Waals surface area contributed by atoms with Gasteiger partial charge in [0.2, 0.25) is 0 Å². The van der Waals surface area contributed by atoms with Gasteiger partial charge >= 0.3 is 5.97 Å². The lowest BCUT2D eigenvalue weighted by Gasteiger charge is -2.25. The highest BCUT2D eigenvalue weighted by Gasteiger charge is 2.27. The maximum Gasteiger partial charge on any atom is 0.347 e. The summed E-state index contributed by atoms with van der Waals surface area (Å²) < 4.78 is 27.8. The molecular weight excluding hydrogens is 496 g/mol. The van der Waals surface area contributed by atoms with Crippen LogP contribution in [0, 0.1) is 10.1 Å². The van der Waals surface area contributed by atoms with Gasteiger partial charge in [-0.25, -0.2) is 15.2 Å². The van der Waals surface area contributed by atoms with Crippen molar-refractivity contribution in [3.63, 3.8) is 0 Å². The van der Waals surface area contributed by atoms with Crippen molar-refractivity contribution in [1.29, 1.82) is 0 Å². The lowest BCUT2D eigenvalue weighted by Crippen LogP contribution is -2.43. The number of aryl methyl sites for hydroxylation is 1. The number of hydrazine groups is 1. The number of nitrogens with one attached hydrogen (secondary N) is 1. The Labute approximate surface area is 205 Å². The Morgan fingerprint density at radius 2 is 1.97 bits per heavy atom. The fraction of sp³-hybridized carbons (Fsp3) is 0.273. The summed E-state index contributed by atoms with van der Waals surface area (Å²) in [6.07, 6.45) is 1.96. The van der Waals surface area contributed by atoms with Crippen molar-refractivity contribution in [3.05, 3.63) is 80.3 Å². The van der Waals surface area contributed by atoms with Crippen LogP contribution in [0.5, 0.6) is 0 Å². The smallest absolute Gasteiger partial charge is 0.347 e. The number of nitro groups is 1. The SMILES string of the molecule is CCC(O)c1ccc(N(NCCCc2ncc(C(=O)O)s2)S(=O)(=O)c2cccc([N+](=O)[O-])c2)cc1. The van der Waals surface area contributed by atoms with Crippen LogP contribution >= 0.6 is 11.3 Å². The monoisotopic (exact) mass is 520 g/mol. The van der Waals surface area contributed by atoms with Gasteiger partial charge in [0.1, 0.15) is 4.88 Å². The van der Waals surface area contributed by atoms with Gasteiger partial charge in [0, 0.05) is 25.1 Å². The first-order chi connectivity index (χ1) is 16.6. The van der Waals surface area contributed by atoms with Crippen LogP contribution in [0.1, 0.15) is 46.1 Å². The number of hydrogen-bond acceptors (Lipinski definition) is 9. The molecule has 0 saturated carbocycles. The zero-order valence-corrected chi connectivity index (χ0v) is 20.3. The van der Waals surface area contributed by atoms with Gasteiger partial charge in [0.15, 0.2) is 0 Å². The second-order valence-electron chi connectivity index (χ2n) is 7.47. The maximum atomic E-state index is 13.4. The molecule has 0 amide bonds. The van der Waals surface area contributed by atoms with Crippen LogP contribution in [0.15, 0.2) is 59.6 Å². The zero-order valence-electron chi connectivity index (χ0n) is 18.7. The molecule has 1 heterocycles. The van der Waals surface area contributed by atoms with Gasteiger partial charge in [0.05, 0.1) is 32.8 Å². The number of carboxylic acids is 1. The van der Waals surface area contributed by atoms with Crippen molar-refractivity contribution in [3.8, 4) is 0 Å². The Hall–Kier alpha value is -3.39. The number of anilines is 1. The number of hydrogen-bond donors (Lipinski definition) is 3. The molecule has 35 heavy (non-hydrogen) atoms. The third-order valence-electron chi connectivity index (χ3n) is 5.05. The number of nitro benzene ring substituents is 1. The summed E-state index contributed by atoms with van der Waals surface area (Å²) in [7, 11) is -4.24. The second kappa shape index (κ2) is 11.4. The number of non-ortho nitro benzene ring substituents is 1. The van der Waals surface area contributed by atoms with Gasteiger partial charge in [-0.15, -0.1) is 11.3 Å². The van der Waals surface area contributed by atoms with Crippen LogP contribution < -0.4 is 9.84 Å². The van der Waals surface area contributed by atoms with Crippen LogP contribution in [-0.4, -0.2) is 41.1 Å². The third kappa shape index (κ3) is 6.39. The van der Waals surface area contributed by atoms with E-state index in [1.165, 1.54) is 36.5 Å². The maximum absolute atomic E-state index is 13.4. The molecule has 0 bridgehead atoms. The predicted molar refractivity (Wildman–Crippen MR) is 130 cm³/mol. The van der Waals surface area contributed by atoms with E-state index in [0.29, 0.717) is 29.8 Å². The molecule has 3 aromatic rings. The van der Waals surface area contributed by atoms with Crippen molar-refractivity contribution >= 4 is 38.7 Å². The number of aromatic nitrogens is 1. The van der Waals surface area contributed by atoms with Crippen molar-refractivity contribution in [2.75, 3.05) is 11.0 Å². The van der Waals surface area contributed by atoms with Gasteiger partial charge in [-0.3, -0.25) is 10.1 Å². The summed E-state index contributed by atoms with van der Waals surface area (Å²) in [6.45, 7) is 2.01. The second-order valence-corrected chi connectivity index (χ2v) is 10.4. The van der Waals surface area contributed by atoms with Crippen LogP contribution in [0.3, 0.4) is 0 Å². The average molecular weight is 521 g/mol. The van der Waals surface area contributed by atoms with E-state index >= 15 is 0 Å². The van der Waals surface area contributed by atoms with Gasteiger partial charge in [0.25, 0.3) is 15.7 Å². The van der Waals surface area contributed by atoms with E-state index in [9.17, 15) is 28.4 Å². The number of thiazole rings is 1. The van der Waals surface area contributed by atoms with E-state index in [4.69, 9.17) is 5.11 Å². The zero-order chi connectivity index (χ0) is 25.6. The highest BCUT2D eigenvalue weighted by atomic mass is 32.2. The van der Waals surface area contributed by atoms with Crippen LogP contribution in [-0.2, 0) is 16.4 Å². The molecule has 0 fully saturated rings. The molecule has 1 aromatic heterocycles.